The first-order chi connectivity index (χ1) is 17.0. The maximum atomic E-state index is 14.7. The Morgan fingerprint density at radius 2 is 2.06 bits per heavy atom. The first-order valence-corrected chi connectivity index (χ1v) is 12.0. The highest BCUT2D eigenvalue weighted by Crippen LogP contribution is 2.40. The lowest BCUT2D eigenvalue weighted by Gasteiger charge is -2.37. The van der Waals surface area contributed by atoms with Gasteiger partial charge in [-0.3, -0.25) is 14.9 Å². The molecule has 196 valence electrons. The molecule has 3 heterocycles. The Bertz CT molecular complexity index is 1040. The Kier molecular flexibility index (Phi) is 7.70. The van der Waals surface area contributed by atoms with Crippen LogP contribution in [-0.2, 0) is 16.0 Å². The van der Waals surface area contributed by atoms with E-state index >= 15 is 0 Å². The van der Waals surface area contributed by atoms with Crippen LogP contribution in [0.4, 0.5) is 23.2 Å². The maximum Gasteiger partial charge on any atom is 0.413 e. The molecule has 0 radical (unpaired) electrons. The van der Waals surface area contributed by atoms with Crippen LogP contribution in [0.3, 0.4) is 0 Å². The lowest BCUT2D eigenvalue weighted by atomic mass is 9.85. The third-order valence-electron chi connectivity index (χ3n) is 6.93. The molecule has 2 saturated heterocycles. The molecule has 2 unspecified atom stereocenters. The predicted octanol–water partition coefficient (Wildman–Crippen LogP) is 2.38. The van der Waals surface area contributed by atoms with E-state index in [9.17, 15) is 27.2 Å². The molecular formula is C25H31F4N5O2. The first-order valence-electron chi connectivity index (χ1n) is 12.0. The van der Waals surface area contributed by atoms with Crippen LogP contribution in [0.25, 0.3) is 0 Å². The first kappa shape index (κ1) is 26.2. The predicted molar refractivity (Wildman–Crippen MR) is 128 cm³/mol. The highest BCUT2D eigenvalue weighted by molar-refractivity contribution is 5.97. The molecule has 11 heteroatoms. The summed E-state index contributed by atoms with van der Waals surface area (Å²) in [5.74, 6) is -0.495. The van der Waals surface area contributed by atoms with Crippen molar-refractivity contribution in [3.8, 4) is 0 Å². The van der Waals surface area contributed by atoms with Crippen LogP contribution in [0.15, 0.2) is 42.5 Å². The number of alkyl halides is 4. The number of fused-ring (bicyclic) bond motifs is 1. The molecule has 3 aliphatic heterocycles. The number of benzene rings is 1. The lowest BCUT2D eigenvalue weighted by Crippen LogP contribution is -2.56. The Morgan fingerprint density at radius 1 is 1.31 bits per heavy atom. The van der Waals surface area contributed by atoms with Crippen LogP contribution in [0, 0.1) is 0 Å². The Hall–Kier alpha value is -2.92. The summed E-state index contributed by atoms with van der Waals surface area (Å²) >= 11 is 0. The van der Waals surface area contributed by atoms with Gasteiger partial charge in [-0.1, -0.05) is 30.9 Å². The second-order valence-electron chi connectivity index (χ2n) is 9.62. The van der Waals surface area contributed by atoms with E-state index < -0.39 is 42.1 Å². The quantitative estimate of drug-likeness (QED) is 0.258. The summed E-state index contributed by atoms with van der Waals surface area (Å²) < 4.78 is 55.6. The number of rotatable bonds is 7. The average molecular weight is 510 g/mol. The Labute approximate surface area is 207 Å². The van der Waals surface area contributed by atoms with E-state index in [1.165, 1.54) is 0 Å². The molecule has 0 spiro atoms. The van der Waals surface area contributed by atoms with Gasteiger partial charge in [0.25, 0.3) is 0 Å². The maximum absolute atomic E-state index is 14.7. The molecule has 3 aliphatic rings. The van der Waals surface area contributed by atoms with Gasteiger partial charge in [-0.25, -0.2) is 4.39 Å². The van der Waals surface area contributed by atoms with E-state index in [0.29, 0.717) is 36.2 Å². The zero-order chi connectivity index (χ0) is 26.0. The molecule has 2 fully saturated rings. The minimum atomic E-state index is -4.59. The van der Waals surface area contributed by atoms with Gasteiger partial charge in [0.05, 0.1) is 18.5 Å². The van der Waals surface area contributed by atoms with Crippen LogP contribution in [-0.4, -0.2) is 73.9 Å². The summed E-state index contributed by atoms with van der Waals surface area (Å²) in [7, 11) is 1.85. The highest BCUT2D eigenvalue weighted by atomic mass is 19.4. The number of likely N-dealkylation sites (tertiary alicyclic amines) is 1. The van der Waals surface area contributed by atoms with E-state index in [-0.39, 0.29) is 24.8 Å². The van der Waals surface area contributed by atoms with Crippen molar-refractivity contribution in [1.82, 2.24) is 20.9 Å². The summed E-state index contributed by atoms with van der Waals surface area (Å²) in [5.41, 5.74) is 0.868. The van der Waals surface area contributed by atoms with E-state index in [0.717, 1.165) is 6.54 Å². The largest absolute Gasteiger partial charge is 0.413 e. The molecule has 7 nitrogen and oxygen atoms in total. The van der Waals surface area contributed by atoms with Crippen molar-refractivity contribution in [2.45, 2.75) is 55.8 Å². The fourth-order valence-corrected chi connectivity index (χ4v) is 4.85. The highest BCUT2D eigenvalue weighted by Gasteiger charge is 2.41. The molecule has 0 bridgehead atoms. The summed E-state index contributed by atoms with van der Waals surface area (Å²) in [4.78, 5) is 24.8. The van der Waals surface area contributed by atoms with Crippen LogP contribution in [0.5, 0.6) is 0 Å². The zero-order valence-electron chi connectivity index (χ0n) is 20.0. The van der Waals surface area contributed by atoms with Crippen molar-refractivity contribution < 1.29 is 27.2 Å². The second kappa shape index (κ2) is 10.6. The van der Waals surface area contributed by atoms with Crippen LogP contribution in [0.1, 0.15) is 30.0 Å². The number of piperidine rings is 1. The van der Waals surface area contributed by atoms with Crippen molar-refractivity contribution in [3.05, 3.63) is 53.6 Å². The van der Waals surface area contributed by atoms with Gasteiger partial charge in [-0.2, -0.15) is 13.2 Å². The van der Waals surface area contributed by atoms with E-state index in [1.807, 2.05) is 11.9 Å². The van der Waals surface area contributed by atoms with Gasteiger partial charge < -0.3 is 20.9 Å². The third-order valence-corrected chi connectivity index (χ3v) is 6.93. The van der Waals surface area contributed by atoms with Crippen molar-refractivity contribution in [2.24, 2.45) is 0 Å². The minimum Gasteiger partial charge on any atom is -0.379 e. The SMILES string of the molecule is C=C(C1NC(/C=C/CNC(=O)[C@H]2CC(=O)N2)Cc2c(N[C@@H]3CCN(C)C[C@@H]3F)cccc21)C(F)(F)F. The van der Waals surface area contributed by atoms with E-state index in [4.69, 9.17) is 0 Å². The zero-order valence-corrected chi connectivity index (χ0v) is 20.0. The van der Waals surface area contributed by atoms with Crippen molar-refractivity contribution in [3.63, 3.8) is 0 Å². The number of nitrogens with zero attached hydrogens (tertiary/aromatic N) is 1. The molecule has 0 saturated carbocycles. The number of hydrogen-bond acceptors (Lipinski definition) is 5. The molecule has 4 N–H and O–H groups in total. The number of anilines is 1. The standard InChI is InChI=1S/C25H31F4N5O2/c1-14(25(27,28)29)23-16-6-3-7-19(32-20-8-10-34(2)13-18(20)26)17(16)11-15(31-23)5-4-9-30-24(36)21-12-22(35)33-21/h3-7,15,18,20-21,23,31-32H,1,8-13H2,2H3,(H,30,36)(H,33,35)/b5-4+/t15?,18-,20+,21+,23?/m0/s1. The fourth-order valence-electron chi connectivity index (χ4n) is 4.85. The van der Waals surface area contributed by atoms with Crippen molar-refractivity contribution in [2.75, 3.05) is 32.0 Å². The normalized spacial score (nSPS) is 28.7. The third kappa shape index (κ3) is 5.89. The Morgan fingerprint density at radius 3 is 2.72 bits per heavy atom. The molecule has 1 aromatic rings. The number of carbonyl (C=O) groups excluding carboxylic acids is 2. The second-order valence-corrected chi connectivity index (χ2v) is 9.62. The van der Waals surface area contributed by atoms with Crippen LogP contribution in [0.2, 0.25) is 0 Å². The molecule has 0 aliphatic carbocycles. The van der Waals surface area contributed by atoms with Crippen molar-refractivity contribution >= 4 is 17.5 Å². The number of halogens is 4. The molecule has 36 heavy (non-hydrogen) atoms. The lowest BCUT2D eigenvalue weighted by molar-refractivity contribution is -0.137. The average Bonchev–Trinajstić information content (AvgIpc) is 2.80. The summed E-state index contributed by atoms with van der Waals surface area (Å²) in [6.45, 7) is 4.51. The number of amides is 2. The monoisotopic (exact) mass is 509 g/mol. The van der Waals surface area contributed by atoms with Crippen LogP contribution < -0.4 is 21.3 Å². The van der Waals surface area contributed by atoms with E-state index in [2.05, 4.69) is 27.8 Å². The van der Waals surface area contributed by atoms with Gasteiger partial charge in [0.15, 0.2) is 0 Å². The number of carbonyl (C=O) groups is 2. The molecular weight excluding hydrogens is 478 g/mol. The summed E-state index contributed by atoms with van der Waals surface area (Å²) in [5, 5.41) is 11.4. The minimum absolute atomic E-state index is 0.143. The van der Waals surface area contributed by atoms with Gasteiger partial charge in [-0.05, 0) is 37.1 Å². The molecule has 2 amide bonds. The number of hydrogen-bond donors (Lipinski definition) is 4. The fraction of sp³-hybridized carbons (Fsp3) is 0.520. The summed E-state index contributed by atoms with van der Waals surface area (Å²) in [6, 6.07) is 2.49. The molecule has 0 aromatic heterocycles. The molecule has 1 aromatic carbocycles. The Balaban J connectivity index is 1.51. The van der Waals surface area contributed by atoms with Crippen molar-refractivity contribution in [1.29, 1.82) is 0 Å². The number of β-lactam (4-membered cyclic amide) rings is 1. The summed E-state index contributed by atoms with van der Waals surface area (Å²) in [6.07, 6.45) is -1.20. The smallest absolute Gasteiger partial charge is 0.379 e. The van der Waals surface area contributed by atoms with Gasteiger partial charge in [0.1, 0.15) is 12.2 Å². The molecule has 5 atom stereocenters. The van der Waals surface area contributed by atoms with Gasteiger partial charge in [0.2, 0.25) is 11.8 Å². The topological polar surface area (TPSA) is 85.5 Å². The van der Waals surface area contributed by atoms with Crippen LogP contribution >= 0.6 is 0 Å². The van der Waals surface area contributed by atoms with Gasteiger partial charge in [0, 0.05) is 36.9 Å². The van der Waals surface area contributed by atoms with Gasteiger partial charge >= 0.3 is 6.18 Å². The number of nitrogens with one attached hydrogen (secondary N) is 4. The molecule has 4 rings (SSSR count). The van der Waals surface area contributed by atoms with E-state index in [1.54, 1.807) is 30.4 Å². The van der Waals surface area contributed by atoms with Gasteiger partial charge in [-0.15, -0.1) is 0 Å².